The van der Waals surface area contributed by atoms with Gasteiger partial charge >= 0.3 is 5.97 Å². The topological polar surface area (TPSA) is 263 Å². The average molecular weight is 1290 g/mol. The lowest BCUT2D eigenvalue weighted by molar-refractivity contribution is -0.183. The van der Waals surface area contributed by atoms with Gasteiger partial charge in [-0.2, -0.15) is 10.1 Å². The molecule has 16 atom stereocenters. The first-order valence-corrected chi connectivity index (χ1v) is 34.1. The molecular formula is C74H110N8O11. The molecule has 6 aliphatic carbocycles. The number of carbonyl (C=O) groups is 4. The van der Waals surface area contributed by atoms with Crippen molar-refractivity contribution in [3.8, 4) is 22.3 Å². The van der Waals surface area contributed by atoms with Gasteiger partial charge < -0.3 is 57.0 Å². The normalized spacial score (nSPS) is 28.9. The van der Waals surface area contributed by atoms with E-state index < -0.39 is 54.3 Å². The molecule has 19 nitrogen and oxygen atoms in total. The van der Waals surface area contributed by atoms with Crippen molar-refractivity contribution in [3.05, 3.63) is 119 Å². The van der Waals surface area contributed by atoms with Crippen molar-refractivity contribution in [1.29, 1.82) is 0 Å². The zero-order valence-electron chi connectivity index (χ0n) is 57.3. The summed E-state index contributed by atoms with van der Waals surface area (Å²) in [6.45, 7) is 20.6. The summed E-state index contributed by atoms with van der Waals surface area (Å²) in [6, 6.07) is 28.4. The first-order valence-electron chi connectivity index (χ1n) is 34.1. The number of unbranched alkanes of at least 4 members (excludes halogenated alkanes) is 2. The molecule has 8 aliphatic rings. The van der Waals surface area contributed by atoms with E-state index in [9.17, 15) is 44.7 Å². The zero-order valence-corrected chi connectivity index (χ0v) is 57.3. The molecule has 2 unspecified atom stereocenters. The Morgan fingerprint density at radius 2 is 1.02 bits per heavy atom. The van der Waals surface area contributed by atoms with Gasteiger partial charge in [0.25, 0.3) is 5.91 Å². The molecule has 12 rings (SSSR count). The number of hydroxylamine groups is 4. The van der Waals surface area contributed by atoms with Crippen molar-refractivity contribution in [1.82, 2.24) is 35.9 Å². The number of amides is 3. The number of rotatable bonds is 25. The smallest absolute Gasteiger partial charge is 0.336 e. The molecular weight excluding hydrogens is 1180 g/mol. The van der Waals surface area contributed by atoms with Gasteiger partial charge in [0.1, 0.15) is 24.3 Å². The number of hydrogen-bond donors (Lipinski definition) is 9. The van der Waals surface area contributed by atoms with Crippen LogP contribution in [0.3, 0.4) is 0 Å². The van der Waals surface area contributed by atoms with E-state index in [-0.39, 0.29) is 61.7 Å². The lowest BCUT2D eigenvalue weighted by atomic mass is 9.45. The van der Waals surface area contributed by atoms with Crippen LogP contribution in [-0.4, -0.2) is 185 Å². The Morgan fingerprint density at radius 1 is 0.602 bits per heavy atom. The Kier molecular flexibility index (Phi) is 25.5. The van der Waals surface area contributed by atoms with Gasteiger partial charge in [-0.3, -0.25) is 24.1 Å². The Balaban J connectivity index is 0.000000216. The van der Waals surface area contributed by atoms with E-state index in [0.717, 1.165) is 79.6 Å². The fraction of sp³-hybridized carbons (Fsp3) is 0.622. The summed E-state index contributed by atoms with van der Waals surface area (Å²) >= 11 is 0. The van der Waals surface area contributed by atoms with E-state index in [1.165, 1.54) is 19.3 Å². The van der Waals surface area contributed by atoms with E-state index in [1.54, 1.807) is 48.2 Å². The molecule has 4 aromatic rings. The van der Waals surface area contributed by atoms with Crippen LogP contribution in [-0.2, 0) is 32.4 Å². The van der Waals surface area contributed by atoms with Crippen LogP contribution in [0.15, 0.2) is 97.1 Å². The maximum atomic E-state index is 14.0. The summed E-state index contributed by atoms with van der Waals surface area (Å²) in [4.78, 5) is 69.4. The first kappa shape index (κ1) is 73.1. The highest BCUT2D eigenvalue weighted by atomic mass is 16.7. The highest BCUT2D eigenvalue weighted by Crippen LogP contribution is 2.62. The maximum Gasteiger partial charge on any atom is 0.336 e. The van der Waals surface area contributed by atoms with Crippen molar-refractivity contribution in [2.24, 2.45) is 63.9 Å². The first-order chi connectivity index (χ1) is 44.2. The number of nitrogens with two attached hydrogens (primary N) is 1. The standard InChI is InChI=1S/C37H54N4O5.C31H40N2O6.C6H16N2/c1-23-30-19-27(37(30,3)4)20-31(23)39-36(45)34-33(24(2)43)32(22-42)46-41(34)21-25-12-11-13-26(18-25)28-14-7-8-15-29(28)35(44)38-16-9-10-17-40(5)6;1-17-24-13-21(31(24,3)4)14-25(17)32-29(36)28-27(18(2)35)26(16-34)39-33(28)15-19-8-7-9-20(12-19)22-10-5-6-11-23(22)30(37)38;1-8(2)6-4-3-5-7/h7-8,11-15,18,23-24,27,30-34,42-43H,9-10,16-17,19-22H2,1-6H3,(H,38,44)(H,39,45);5-12,17-18,21,24-28,34-35H,13-16H2,1-4H3,(H,32,36)(H,37,38);3-7H2,1-2H3/t23-,24-,27+,30?,31-,32-,33+,34-;17-,18-,21+,24?,25-,26-,27+,28-;/m00./s1. The van der Waals surface area contributed by atoms with Gasteiger partial charge in [0, 0.05) is 36.0 Å². The largest absolute Gasteiger partial charge is 0.478 e. The Labute approximate surface area is 553 Å². The van der Waals surface area contributed by atoms with Crippen LogP contribution >= 0.6 is 0 Å². The number of benzene rings is 4. The molecule has 0 aromatic heterocycles. The Hall–Kier alpha value is -5.68. The molecule has 2 heterocycles. The number of aromatic carboxylic acids is 1. The second kappa shape index (κ2) is 32.4. The predicted octanol–water partition coefficient (Wildman–Crippen LogP) is 8.09. The second-order valence-corrected chi connectivity index (χ2v) is 29.3. The molecule has 0 radical (unpaired) electrons. The van der Waals surface area contributed by atoms with Gasteiger partial charge in [-0.15, -0.1) is 0 Å². The lowest BCUT2D eigenvalue weighted by Crippen LogP contribution is -2.62. The van der Waals surface area contributed by atoms with Crippen molar-refractivity contribution in [2.75, 3.05) is 67.6 Å². The quantitative estimate of drug-likeness (QED) is 0.0284. The van der Waals surface area contributed by atoms with Gasteiger partial charge in [0.05, 0.1) is 44.1 Å². The van der Waals surface area contributed by atoms with Crippen molar-refractivity contribution >= 4 is 23.7 Å². The molecule has 2 saturated heterocycles. The van der Waals surface area contributed by atoms with Crippen LogP contribution in [0.25, 0.3) is 22.3 Å². The molecule has 4 aromatic carbocycles. The van der Waals surface area contributed by atoms with Gasteiger partial charge in [0.15, 0.2) is 0 Å². The van der Waals surface area contributed by atoms with E-state index in [1.807, 2.05) is 86.9 Å². The van der Waals surface area contributed by atoms with Gasteiger partial charge in [0.2, 0.25) is 11.8 Å². The summed E-state index contributed by atoms with van der Waals surface area (Å²) in [6.07, 6.45) is 5.50. The van der Waals surface area contributed by atoms with Crippen LogP contribution in [0.1, 0.15) is 139 Å². The summed E-state index contributed by atoms with van der Waals surface area (Å²) < 4.78 is 0. The number of nitrogens with one attached hydrogen (secondary N) is 3. The van der Waals surface area contributed by atoms with Crippen molar-refractivity contribution in [3.63, 3.8) is 0 Å². The number of carboxylic acid groups (broad SMARTS) is 1. The minimum absolute atomic E-state index is 0.0646. The minimum Gasteiger partial charge on any atom is -0.478 e. The minimum atomic E-state index is -1.00. The number of fused-ring (bicyclic) bond motifs is 4. The van der Waals surface area contributed by atoms with Gasteiger partial charge in [-0.1, -0.05) is 114 Å². The molecule has 2 aliphatic heterocycles. The SMILES string of the molecule is CN(C)CCCCN.C[C@H](O)[C@@H]1[C@H](CO)ON(Cc2cccc(-c3ccccc3C(=O)NCCCCN(C)C)c2)[C@@H]1C(=O)N[C@H]1C[C@H]2CC([C@@H]1C)C2(C)C.C[C@H](O)[C@@H]1[C@H](CO)ON(Cc2cccc(-c3ccccc3C(=O)O)c2)[C@@H]1C(=O)N[C@H]1C[C@H]2CC([C@@H]1C)C2(C)C. The van der Waals surface area contributed by atoms with Gasteiger partial charge in [-0.05, 0) is 217 Å². The fourth-order valence-corrected chi connectivity index (χ4v) is 16.3. The third kappa shape index (κ3) is 17.1. The van der Waals surface area contributed by atoms with Crippen LogP contribution < -0.4 is 21.7 Å². The van der Waals surface area contributed by atoms with E-state index in [0.29, 0.717) is 64.0 Å². The molecule has 4 bridgehead atoms. The van der Waals surface area contributed by atoms with E-state index >= 15 is 0 Å². The summed E-state index contributed by atoms with van der Waals surface area (Å²) in [5.74, 6) is 0.427. The van der Waals surface area contributed by atoms with Crippen molar-refractivity contribution in [2.45, 2.75) is 168 Å². The van der Waals surface area contributed by atoms with Crippen LogP contribution in [0.4, 0.5) is 0 Å². The molecule has 6 saturated carbocycles. The lowest BCUT2D eigenvalue weighted by Gasteiger charge is -2.62. The van der Waals surface area contributed by atoms with E-state index in [4.69, 9.17) is 15.4 Å². The molecule has 0 spiro atoms. The Morgan fingerprint density at radius 3 is 1.41 bits per heavy atom. The van der Waals surface area contributed by atoms with Crippen LogP contribution in [0.5, 0.6) is 0 Å². The molecule has 93 heavy (non-hydrogen) atoms. The van der Waals surface area contributed by atoms with E-state index in [2.05, 4.69) is 81.4 Å². The number of aliphatic hydroxyl groups is 4. The molecule has 8 fully saturated rings. The summed E-state index contributed by atoms with van der Waals surface area (Å²) in [5, 5.41) is 64.2. The zero-order chi connectivity index (χ0) is 67.6. The second-order valence-electron chi connectivity index (χ2n) is 29.3. The summed E-state index contributed by atoms with van der Waals surface area (Å²) in [5.41, 5.74) is 11.5. The number of hydrogen-bond acceptors (Lipinski definition) is 15. The average Bonchev–Trinajstić information content (AvgIpc) is 1.42. The fourth-order valence-electron chi connectivity index (χ4n) is 16.3. The predicted molar refractivity (Wildman–Crippen MR) is 363 cm³/mol. The molecule has 3 amide bonds. The Bertz CT molecular complexity index is 3120. The maximum absolute atomic E-state index is 14.0. The highest BCUT2D eigenvalue weighted by Gasteiger charge is 2.59. The number of carbonyl (C=O) groups excluding carboxylic acids is 3. The molecule has 10 N–H and O–H groups in total. The molecule has 512 valence electrons. The highest BCUT2D eigenvalue weighted by molar-refractivity contribution is 6.01. The van der Waals surface area contributed by atoms with Gasteiger partial charge in [-0.25, -0.2) is 4.79 Å². The third-order valence-corrected chi connectivity index (χ3v) is 22.0. The third-order valence-electron chi connectivity index (χ3n) is 22.0. The number of aliphatic hydroxyl groups excluding tert-OH is 4. The van der Waals surface area contributed by atoms with Crippen LogP contribution in [0.2, 0.25) is 0 Å². The number of nitrogens with zero attached hydrogens (tertiary/aromatic N) is 4. The van der Waals surface area contributed by atoms with Crippen LogP contribution in [0, 0.1) is 58.2 Å². The molecule has 19 heteroatoms. The summed E-state index contributed by atoms with van der Waals surface area (Å²) in [7, 11) is 8.25. The van der Waals surface area contributed by atoms with Crippen molar-refractivity contribution < 1.29 is 54.4 Å². The number of carboxylic acids is 1. The monoisotopic (exact) mass is 1290 g/mol.